The number of benzene rings is 1. The van der Waals surface area contributed by atoms with E-state index in [9.17, 15) is 14.7 Å². The average Bonchev–Trinajstić information content (AvgIpc) is 2.38. The van der Waals surface area contributed by atoms with Crippen LogP contribution >= 0.6 is 0 Å². The highest BCUT2D eigenvalue weighted by atomic mass is 16.5. The van der Waals surface area contributed by atoms with Gasteiger partial charge in [0.1, 0.15) is 11.5 Å². The zero-order valence-corrected chi connectivity index (χ0v) is 10.9. The lowest BCUT2D eigenvalue weighted by atomic mass is 10.2. The zero-order valence-electron chi connectivity index (χ0n) is 10.9. The van der Waals surface area contributed by atoms with Crippen LogP contribution in [0, 0.1) is 0 Å². The molecule has 0 aliphatic carbocycles. The third-order valence-electron chi connectivity index (χ3n) is 2.34. The van der Waals surface area contributed by atoms with E-state index in [1.807, 2.05) is 0 Å². The van der Waals surface area contributed by atoms with E-state index in [0.29, 0.717) is 17.2 Å². The molecule has 1 amide bonds. The highest BCUT2D eigenvalue weighted by Crippen LogP contribution is 2.28. The monoisotopic (exact) mass is 264 g/mol. The average molecular weight is 264 g/mol. The van der Waals surface area contributed by atoms with Crippen molar-refractivity contribution >= 4 is 17.6 Å². The normalized spacial score (nSPS) is 10.8. The van der Waals surface area contributed by atoms with E-state index in [4.69, 9.17) is 9.47 Å². The van der Waals surface area contributed by atoms with Crippen LogP contribution in [0.5, 0.6) is 11.5 Å². The van der Waals surface area contributed by atoms with Crippen LogP contribution < -0.4 is 19.9 Å². The van der Waals surface area contributed by atoms with Crippen molar-refractivity contribution in [3.8, 4) is 11.5 Å². The maximum atomic E-state index is 11.6. The van der Waals surface area contributed by atoms with Crippen LogP contribution in [-0.4, -0.2) is 26.1 Å². The Kier molecular flexibility index (Phi) is 4.93. The van der Waals surface area contributed by atoms with E-state index in [0.717, 1.165) is 6.08 Å². The molecule has 0 atom stereocenters. The summed E-state index contributed by atoms with van der Waals surface area (Å²) in [5, 5.41) is 13.0. The minimum Gasteiger partial charge on any atom is -0.545 e. The van der Waals surface area contributed by atoms with E-state index >= 15 is 0 Å². The number of carbonyl (C=O) groups is 2. The lowest BCUT2D eigenvalue weighted by Gasteiger charge is -2.11. The van der Waals surface area contributed by atoms with Gasteiger partial charge in [-0.1, -0.05) is 0 Å². The topological polar surface area (TPSA) is 87.7 Å². The lowest BCUT2D eigenvalue weighted by molar-refractivity contribution is -0.299. The van der Waals surface area contributed by atoms with Crippen molar-refractivity contribution in [1.29, 1.82) is 0 Å². The van der Waals surface area contributed by atoms with Crippen molar-refractivity contribution in [2.45, 2.75) is 6.92 Å². The smallest absolute Gasteiger partial charge is 0.248 e. The van der Waals surface area contributed by atoms with Gasteiger partial charge in [0.05, 0.1) is 25.9 Å². The van der Waals surface area contributed by atoms with Crippen molar-refractivity contribution in [1.82, 2.24) is 0 Å². The number of carboxylic acids is 1. The quantitative estimate of drug-likeness (QED) is 0.775. The fraction of sp³-hybridized carbons (Fsp3) is 0.231. The van der Waals surface area contributed by atoms with E-state index in [2.05, 4.69) is 5.32 Å². The van der Waals surface area contributed by atoms with E-state index in [-0.39, 0.29) is 5.57 Å². The summed E-state index contributed by atoms with van der Waals surface area (Å²) in [7, 11) is 2.96. The summed E-state index contributed by atoms with van der Waals surface area (Å²) in [4.78, 5) is 22.1. The molecule has 6 heteroatoms. The Morgan fingerprint density at radius 3 is 2.47 bits per heavy atom. The number of carboxylic acid groups (broad SMARTS) is 1. The molecule has 0 unspecified atom stereocenters. The Bertz CT molecular complexity index is 522. The van der Waals surface area contributed by atoms with Gasteiger partial charge >= 0.3 is 0 Å². The maximum Gasteiger partial charge on any atom is 0.248 e. The third kappa shape index (κ3) is 4.02. The third-order valence-corrected chi connectivity index (χ3v) is 2.34. The van der Waals surface area contributed by atoms with Gasteiger partial charge < -0.3 is 24.7 Å². The number of anilines is 1. The first-order chi connectivity index (χ1) is 8.97. The van der Waals surface area contributed by atoms with Gasteiger partial charge in [-0.25, -0.2) is 0 Å². The lowest BCUT2D eigenvalue weighted by Crippen LogP contribution is -2.24. The molecule has 1 aromatic carbocycles. The fourth-order valence-corrected chi connectivity index (χ4v) is 1.33. The number of amides is 1. The molecule has 1 rings (SSSR count). The molecule has 1 N–H and O–H groups in total. The van der Waals surface area contributed by atoms with Gasteiger partial charge in [0, 0.05) is 12.1 Å². The number of carbonyl (C=O) groups excluding carboxylic acids is 2. The second-order valence-electron chi connectivity index (χ2n) is 3.67. The molecule has 102 valence electrons. The first-order valence-electron chi connectivity index (χ1n) is 5.40. The minimum absolute atomic E-state index is 0.162. The number of hydrogen-bond acceptors (Lipinski definition) is 5. The molecule has 0 bridgehead atoms. The van der Waals surface area contributed by atoms with Crippen LogP contribution in [0.1, 0.15) is 6.92 Å². The maximum absolute atomic E-state index is 11.6. The standard InChI is InChI=1S/C13H15NO5/c1-8(13(16)17)6-12(15)14-10-5-4-9(18-2)7-11(10)19-3/h4-7H,1-3H3,(H,14,15)(H,16,17)/p-1. The summed E-state index contributed by atoms with van der Waals surface area (Å²) < 4.78 is 10.1. The molecule has 0 saturated heterocycles. The van der Waals surface area contributed by atoms with Gasteiger partial charge in [0.15, 0.2) is 0 Å². The van der Waals surface area contributed by atoms with Crippen LogP contribution in [0.4, 0.5) is 5.69 Å². The number of rotatable bonds is 5. The molecule has 19 heavy (non-hydrogen) atoms. The summed E-state index contributed by atoms with van der Waals surface area (Å²) in [5.74, 6) is -0.981. The van der Waals surface area contributed by atoms with Crippen molar-refractivity contribution in [3.05, 3.63) is 29.8 Å². The van der Waals surface area contributed by atoms with Crippen molar-refractivity contribution < 1.29 is 24.2 Å². The predicted molar refractivity (Wildman–Crippen MR) is 66.9 cm³/mol. The molecule has 0 aliphatic rings. The van der Waals surface area contributed by atoms with Crippen molar-refractivity contribution in [2.75, 3.05) is 19.5 Å². The summed E-state index contributed by atoms with van der Waals surface area (Å²) in [6.45, 7) is 1.28. The van der Waals surface area contributed by atoms with Gasteiger partial charge in [-0.3, -0.25) is 4.79 Å². The summed E-state index contributed by atoms with van der Waals surface area (Å²) >= 11 is 0. The molecule has 0 spiro atoms. The summed E-state index contributed by atoms with van der Waals surface area (Å²) in [6, 6.07) is 4.84. The molecule has 1 aromatic rings. The predicted octanol–water partition coefficient (Wildman–Crippen LogP) is 0.338. The summed E-state index contributed by atoms with van der Waals surface area (Å²) in [6.07, 6.45) is 0.943. The molecular formula is C13H14NO5-. The number of hydrogen-bond donors (Lipinski definition) is 1. The molecule has 6 nitrogen and oxygen atoms in total. The van der Waals surface area contributed by atoms with Gasteiger partial charge in [0.2, 0.25) is 5.91 Å². The zero-order chi connectivity index (χ0) is 14.4. The molecule has 0 fully saturated rings. The number of methoxy groups -OCH3 is 2. The second kappa shape index (κ2) is 6.44. The fourth-order valence-electron chi connectivity index (χ4n) is 1.33. The Balaban J connectivity index is 2.91. The van der Waals surface area contributed by atoms with Crippen molar-refractivity contribution in [3.63, 3.8) is 0 Å². The Hall–Kier alpha value is -2.50. The Labute approximate surface area is 110 Å². The second-order valence-corrected chi connectivity index (χ2v) is 3.67. The van der Waals surface area contributed by atoms with Crippen LogP contribution in [-0.2, 0) is 9.59 Å². The van der Waals surface area contributed by atoms with E-state index in [1.165, 1.54) is 21.1 Å². The van der Waals surface area contributed by atoms with Gasteiger partial charge in [0.25, 0.3) is 0 Å². The van der Waals surface area contributed by atoms with Crippen LogP contribution in [0.25, 0.3) is 0 Å². The largest absolute Gasteiger partial charge is 0.545 e. The van der Waals surface area contributed by atoms with Gasteiger partial charge in [-0.05, 0) is 24.6 Å². The van der Waals surface area contributed by atoms with Gasteiger partial charge in [-0.2, -0.15) is 0 Å². The highest BCUT2D eigenvalue weighted by molar-refractivity contribution is 6.04. The van der Waals surface area contributed by atoms with E-state index < -0.39 is 11.9 Å². The van der Waals surface area contributed by atoms with Crippen molar-refractivity contribution in [2.24, 2.45) is 0 Å². The molecule has 0 saturated carbocycles. The number of ether oxygens (including phenoxy) is 2. The Morgan fingerprint density at radius 1 is 1.26 bits per heavy atom. The molecular weight excluding hydrogens is 250 g/mol. The highest BCUT2D eigenvalue weighted by Gasteiger charge is 2.07. The van der Waals surface area contributed by atoms with Crippen LogP contribution in [0.3, 0.4) is 0 Å². The summed E-state index contributed by atoms with van der Waals surface area (Å²) in [5.41, 5.74) is 0.251. The van der Waals surface area contributed by atoms with Crippen LogP contribution in [0.15, 0.2) is 29.8 Å². The first kappa shape index (κ1) is 14.6. The molecule has 0 radical (unpaired) electrons. The SMILES string of the molecule is COc1ccc(NC(=O)C=C(C)C(=O)[O-])c(OC)c1. The first-order valence-corrected chi connectivity index (χ1v) is 5.40. The minimum atomic E-state index is -1.39. The van der Waals surface area contributed by atoms with E-state index in [1.54, 1.807) is 18.2 Å². The Morgan fingerprint density at radius 2 is 1.95 bits per heavy atom. The number of aliphatic carboxylic acids is 1. The number of nitrogens with one attached hydrogen (secondary N) is 1. The van der Waals surface area contributed by atoms with Gasteiger partial charge in [-0.15, -0.1) is 0 Å². The molecule has 0 heterocycles. The molecule has 0 aromatic heterocycles. The molecule has 0 aliphatic heterocycles. The van der Waals surface area contributed by atoms with Crippen LogP contribution in [0.2, 0.25) is 0 Å².